The van der Waals surface area contributed by atoms with E-state index in [0.29, 0.717) is 11.8 Å². The SMILES string of the molecule is CN/C=C(\C(=N)C(=O)N1CC(F)(F)CC(C)C1COc1ccc(C(F)(F)F)cn1)c1ccc(F)cc1. The minimum absolute atomic E-state index is 0.0631. The third kappa shape index (κ3) is 6.35. The second kappa shape index (κ2) is 10.6. The van der Waals surface area contributed by atoms with Crippen LogP contribution in [0.25, 0.3) is 5.57 Å². The first-order valence-electron chi connectivity index (χ1n) is 10.9. The number of nitrogens with one attached hydrogen (secondary N) is 2. The van der Waals surface area contributed by atoms with Gasteiger partial charge in [-0.3, -0.25) is 10.2 Å². The van der Waals surface area contributed by atoms with Gasteiger partial charge in [-0.2, -0.15) is 13.2 Å². The first-order valence-corrected chi connectivity index (χ1v) is 10.9. The lowest BCUT2D eigenvalue weighted by Gasteiger charge is -2.43. The molecule has 194 valence electrons. The number of rotatable bonds is 7. The Labute approximate surface area is 203 Å². The van der Waals surface area contributed by atoms with Crippen molar-refractivity contribution >= 4 is 17.2 Å². The summed E-state index contributed by atoms with van der Waals surface area (Å²) in [5.41, 5.74) is -1.19. The number of hydrogen-bond donors (Lipinski definition) is 2. The molecule has 1 saturated heterocycles. The molecule has 1 amide bonds. The van der Waals surface area contributed by atoms with Crippen molar-refractivity contribution in [1.29, 1.82) is 5.41 Å². The van der Waals surface area contributed by atoms with Crippen molar-refractivity contribution in [2.45, 2.75) is 31.5 Å². The fraction of sp³-hybridized carbons (Fsp3) is 0.375. The van der Waals surface area contributed by atoms with Crippen LogP contribution in [0.15, 0.2) is 48.8 Å². The normalized spacial score (nSPS) is 20.1. The molecule has 2 heterocycles. The Morgan fingerprint density at radius 2 is 1.92 bits per heavy atom. The maximum Gasteiger partial charge on any atom is 0.417 e. The smallest absolute Gasteiger partial charge is 0.417 e. The summed E-state index contributed by atoms with van der Waals surface area (Å²) in [6, 6.07) is 5.85. The van der Waals surface area contributed by atoms with Gasteiger partial charge in [-0.1, -0.05) is 19.1 Å². The van der Waals surface area contributed by atoms with Crippen molar-refractivity contribution in [3.8, 4) is 5.88 Å². The molecule has 36 heavy (non-hydrogen) atoms. The monoisotopic (exact) mass is 514 g/mol. The molecule has 1 aromatic heterocycles. The fourth-order valence-electron chi connectivity index (χ4n) is 3.96. The van der Waals surface area contributed by atoms with Crippen LogP contribution in [0.3, 0.4) is 0 Å². The van der Waals surface area contributed by atoms with Crippen LogP contribution in [-0.2, 0) is 11.0 Å². The lowest BCUT2D eigenvalue weighted by atomic mass is 9.88. The van der Waals surface area contributed by atoms with E-state index in [0.717, 1.165) is 29.2 Å². The maximum absolute atomic E-state index is 14.4. The molecule has 0 saturated carbocycles. The van der Waals surface area contributed by atoms with E-state index >= 15 is 0 Å². The maximum atomic E-state index is 14.4. The minimum atomic E-state index is -4.58. The average Bonchev–Trinajstić information content (AvgIpc) is 2.80. The minimum Gasteiger partial charge on any atom is -0.475 e. The molecule has 12 heteroatoms. The van der Waals surface area contributed by atoms with E-state index in [4.69, 9.17) is 10.1 Å². The number of ether oxygens (including phenoxy) is 1. The van der Waals surface area contributed by atoms with Gasteiger partial charge in [-0.15, -0.1) is 0 Å². The Balaban J connectivity index is 1.84. The molecule has 1 aliphatic rings. The highest BCUT2D eigenvalue weighted by Gasteiger charge is 2.47. The molecule has 1 fully saturated rings. The molecule has 0 radical (unpaired) electrons. The largest absolute Gasteiger partial charge is 0.475 e. The van der Waals surface area contributed by atoms with Crippen LogP contribution in [0.2, 0.25) is 0 Å². The molecule has 3 rings (SSSR count). The highest BCUT2D eigenvalue weighted by molar-refractivity contribution is 6.54. The highest BCUT2D eigenvalue weighted by Crippen LogP contribution is 2.35. The average molecular weight is 514 g/mol. The van der Waals surface area contributed by atoms with Crippen LogP contribution >= 0.6 is 0 Å². The number of aromatic nitrogens is 1. The highest BCUT2D eigenvalue weighted by atomic mass is 19.4. The second-order valence-corrected chi connectivity index (χ2v) is 8.46. The zero-order valence-corrected chi connectivity index (χ0v) is 19.4. The fourth-order valence-corrected chi connectivity index (χ4v) is 3.96. The van der Waals surface area contributed by atoms with E-state index in [1.165, 1.54) is 32.3 Å². The van der Waals surface area contributed by atoms with Gasteiger partial charge >= 0.3 is 6.18 Å². The number of likely N-dealkylation sites (tertiary alicyclic amines) is 1. The van der Waals surface area contributed by atoms with Gasteiger partial charge < -0.3 is 15.0 Å². The molecular weight excluding hydrogens is 490 g/mol. The van der Waals surface area contributed by atoms with Gasteiger partial charge in [-0.25, -0.2) is 18.2 Å². The number of nitrogens with zero attached hydrogens (tertiary/aromatic N) is 2. The van der Waals surface area contributed by atoms with Crippen molar-refractivity contribution in [3.63, 3.8) is 0 Å². The number of alkyl halides is 5. The van der Waals surface area contributed by atoms with E-state index in [2.05, 4.69) is 10.3 Å². The molecule has 6 nitrogen and oxygen atoms in total. The molecule has 2 aromatic rings. The van der Waals surface area contributed by atoms with Gasteiger partial charge in [0.05, 0.1) is 18.2 Å². The second-order valence-electron chi connectivity index (χ2n) is 8.46. The number of pyridine rings is 1. The van der Waals surface area contributed by atoms with Gasteiger partial charge in [0.25, 0.3) is 11.8 Å². The van der Waals surface area contributed by atoms with Crippen molar-refractivity contribution in [2.24, 2.45) is 5.92 Å². The number of piperidine rings is 1. The van der Waals surface area contributed by atoms with Gasteiger partial charge in [0.1, 0.15) is 18.1 Å². The summed E-state index contributed by atoms with van der Waals surface area (Å²) in [5, 5.41) is 11.1. The summed E-state index contributed by atoms with van der Waals surface area (Å²) < 4.78 is 86.0. The predicted octanol–water partition coefficient (Wildman–Crippen LogP) is 4.77. The molecule has 0 bridgehead atoms. The summed E-state index contributed by atoms with van der Waals surface area (Å²) in [6.07, 6.45) is -3.21. The van der Waals surface area contributed by atoms with Crippen molar-refractivity contribution in [1.82, 2.24) is 15.2 Å². The zero-order valence-electron chi connectivity index (χ0n) is 19.4. The quantitative estimate of drug-likeness (QED) is 0.412. The van der Waals surface area contributed by atoms with E-state index in [9.17, 15) is 31.1 Å². The molecule has 2 unspecified atom stereocenters. The molecule has 1 aliphatic heterocycles. The molecule has 0 spiro atoms. The summed E-state index contributed by atoms with van der Waals surface area (Å²) >= 11 is 0. The van der Waals surface area contributed by atoms with E-state index in [1.807, 2.05) is 0 Å². The van der Waals surface area contributed by atoms with Crippen LogP contribution in [0.4, 0.5) is 26.3 Å². The predicted molar refractivity (Wildman–Crippen MR) is 120 cm³/mol. The topological polar surface area (TPSA) is 78.3 Å². The van der Waals surface area contributed by atoms with Gasteiger partial charge in [-0.05, 0) is 29.7 Å². The Hall–Kier alpha value is -3.57. The number of carbonyl (C=O) groups is 1. The number of hydrogen-bond acceptors (Lipinski definition) is 5. The zero-order chi connectivity index (χ0) is 26.7. The third-order valence-corrected chi connectivity index (χ3v) is 5.73. The number of amides is 1. The first kappa shape index (κ1) is 27.0. The van der Waals surface area contributed by atoms with Crippen LogP contribution < -0.4 is 10.1 Å². The molecule has 1 aromatic carbocycles. The standard InChI is InChI=1S/C24H24F6N4O2/c1-14-9-23(26,27)13-34(19(14)12-36-20-8-5-16(10-33-20)24(28,29)30)22(35)21(31)18(11-32-2)15-3-6-17(25)7-4-15/h3-8,10-11,14,19,31-32H,9,12-13H2,1-2H3/b18-11-,31-21?. The molecule has 2 atom stereocenters. The van der Waals surface area contributed by atoms with E-state index < -0.39 is 60.0 Å². The Morgan fingerprint density at radius 1 is 1.25 bits per heavy atom. The van der Waals surface area contributed by atoms with Crippen LogP contribution in [-0.4, -0.2) is 53.7 Å². The van der Waals surface area contributed by atoms with Gasteiger partial charge in [0.15, 0.2) is 0 Å². The lowest BCUT2D eigenvalue weighted by Crippen LogP contribution is -2.58. The van der Waals surface area contributed by atoms with Crippen LogP contribution in [0.5, 0.6) is 5.88 Å². The van der Waals surface area contributed by atoms with Crippen molar-refractivity contribution in [2.75, 3.05) is 20.2 Å². The van der Waals surface area contributed by atoms with E-state index in [1.54, 1.807) is 0 Å². The van der Waals surface area contributed by atoms with Crippen molar-refractivity contribution < 1.29 is 35.9 Å². The first-order chi connectivity index (χ1) is 16.8. The lowest BCUT2D eigenvalue weighted by molar-refractivity contribution is -0.148. The number of halogens is 6. The number of carbonyl (C=O) groups excluding carboxylic acids is 1. The number of benzene rings is 1. The van der Waals surface area contributed by atoms with Gasteiger partial charge in [0, 0.05) is 37.5 Å². The Bertz CT molecular complexity index is 1120. The molecular formula is C24H24F6N4O2. The van der Waals surface area contributed by atoms with E-state index in [-0.39, 0.29) is 18.1 Å². The third-order valence-electron chi connectivity index (χ3n) is 5.73. The summed E-state index contributed by atoms with van der Waals surface area (Å²) in [5.74, 6) is -5.68. The van der Waals surface area contributed by atoms with Crippen LogP contribution in [0.1, 0.15) is 24.5 Å². The summed E-state index contributed by atoms with van der Waals surface area (Å²) in [4.78, 5) is 17.7. The molecule has 2 N–H and O–H groups in total. The summed E-state index contributed by atoms with van der Waals surface area (Å²) in [7, 11) is 1.52. The Morgan fingerprint density at radius 3 is 2.47 bits per heavy atom. The summed E-state index contributed by atoms with van der Waals surface area (Å²) in [6.45, 7) is 0.203. The Kier molecular flexibility index (Phi) is 7.95. The molecule has 0 aliphatic carbocycles. The van der Waals surface area contributed by atoms with Crippen LogP contribution in [0, 0.1) is 17.1 Å². The van der Waals surface area contributed by atoms with Gasteiger partial charge in [0.2, 0.25) is 5.88 Å². The van der Waals surface area contributed by atoms with Crippen molar-refractivity contribution in [3.05, 3.63) is 65.7 Å².